The van der Waals surface area contributed by atoms with E-state index in [0.29, 0.717) is 6.42 Å². The van der Waals surface area contributed by atoms with Crippen molar-refractivity contribution in [2.75, 3.05) is 0 Å². The van der Waals surface area contributed by atoms with Crippen LogP contribution in [-0.4, -0.2) is 10.2 Å². The summed E-state index contributed by atoms with van der Waals surface area (Å²) in [5.41, 5.74) is 6.86. The first kappa shape index (κ1) is 25.1. The Kier molecular flexibility index (Phi) is 6.10. The second kappa shape index (κ2) is 9.96. The standard InChI is InChI=1S/C39H28O2/c40-38(34-18-5-1-14-30(34)26-31-15-2-6-19-35(31)38)23-10-13-28-11-9-12-29(25-28)22-24-39(41)36-20-7-3-16-32(36)27-33-17-4-8-21-37(33)39/h1-9,11-12,14-21,25,40-41H,13,26-27H2. The molecule has 0 saturated carbocycles. The Morgan fingerprint density at radius 2 is 0.951 bits per heavy atom. The van der Waals surface area contributed by atoms with Gasteiger partial charge in [-0.3, -0.25) is 0 Å². The zero-order valence-corrected chi connectivity index (χ0v) is 22.6. The van der Waals surface area contributed by atoms with Crippen LogP contribution in [0.4, 0.5) is 0 Å². The molecule has 0 unspecified atom stereocenters. The van der Waals surface area contributed by atoms with E-state index in [1.807, 2.05) is 97.1 Å². The summed E-state index contributed by atoms with van der Waals surface area (Å²) in [5.74, 6) is 13.0. The molecule has 0 atom stereocenters. The summed E-state index contributed by atoms with van der Waals surface area (Å²) in [6.07, 6.45) is 2.04. The van der Waals surface area contributed by atoms with Crippen LogP contribution in [0.1, 0.15) is 55.6 Å². The summed E-state index contributed by atoms with van der Waals surface area (Å²) in [6, 6.07) is 40.0. The Balaban J connectivity index is 1.21. The molecule has 0 bridgehead atoms. The molecular formula is C39H28O2. The predicted molar refractivity (Wildman–Crippen MR) is 162 cm³/mol. The van der Waals surface area contributed by atoms with E-state index in [0.717, 1.165) is 68.5 Å². The number of fused-ring (bicyclic) bond motifs is 4. The molecule has 0 radical (unpaired) electrons. The highest BCUT2D eigenvalue weighted by Gasteiger charge is 2.38. The molecule has 2 N–H and O–H groups in total. The third kappa shape index (κ3) is 4.35. The molecule has 0 aromatic heterocycles. The van der Waals surface area contributed by atoms with E-state index in [1.54, 1.807) is 0 Å². The van der Waals surface area contributed by atoms with Gasteiger partial charge in [0.2, 0.25) is 0 Å². The van der Waals surface area contributed by atoms with Crippen LogP contribution < -0.4 is 0 Å². The van der Waals surface area contributed by atoms with Crippen LogP contribution >= 0.6 is 0 Å². The van der Waals surface area contributed by atoms with E-state index in [-0.39, 0.29) is 0 Å². The Hall–Kier alpha value is -4.86. The second-order valence-electron chi connectivity index (χ2n) is 10.8. The largest absolute Gasteiger partial charge is 0.369 e. The lowest BCUT2D eigenvalue weighted by Crippen LogP contribution is -2.31. The number of rotatable bonds is 1. The van der Waals surface area contributed by atoms with Crippen molar-refractivity contribution in [3.63, 3.8) is 0 Å². The lowest BCUT2D eigenvalue weighted by molar-refractivity contribution is 0.140. The van der Waals surface area contributed by atoms with Gasteiger partial charge in [0.15, 0.2) is 11.2 Å². The van der Waals surface area contributed by atoms with Gasteiger partial charge in [-0.05, 0) is 52.8 Å². The highest BCUT2D eigenvalue weighted by atomic mass is 16.3. The van der Waals surface area contributed by atoms with Crippen LogP contribution in [0.2, 0.25) is 0 Å². The van der Waals surface area contributed by atoms with Crippen LogP contribution in [0.25, 0.3) is 0 Å². The Labute approximate surface area is 241 Å². The topological polar surface area (TPSA) is 40.5 Å². The van der Waals surface area contributed by atoms with Gasteiger partial charge in [-0.25, -0.2) is 0 Å². The smallest absolute Gasteiger partial charge is 0.177 e. The van der Waals surface area contributed by atoms with Crippen molar-refractivity contribution in [2.45, 2.75) is 30.5 Å². The van der Waals surface area contributed by atoms with E-state index < -0.39 is 11.2 Å². The summed E-state index contributed by atoms with van der Waals surface area (Å²) in [5, 5.41) is 23.9. The molecule has 0 fully saturated rings. The maximum Gasteiger partial charge on any atom is 0.177 e. The molecule has 196 valence electrons. The van der Waals surface area contributed by atoms with Gasteiger partial charge in [0.25, 0.3) is 0 Å². The average Bonchev–Trinajstić information content (AvgIpc) is 3.01. The van der Waals surface area contributed by atoms with Crippen molar-refractivity contribution in [1.82, 2.24) is 0 Å². The van der Waals surface area contributed by atoms with Crippen LogP contribution in [0.5, 0.6) is 0 Å². The van der Waals surface area contributed by atoms with Gasteiger partial charge >= 0.3 is 0 Å². The van der Waals surface area contributed by atoms with Gasteiger partial charge in [-0.2, -0.15) is 0 Å². The highest BCUT2D eigenvalue weighted by molar-refractivity contribution is 5.58. The molecule has 0 heterocycles. The predicted octanol–water partition coefficient (Wildman–Crippen LogP) is 6.26. The number of hydrogen-bond acceptors (Lipinski definition) is 2. The lowest BCUT2D eigenvalue weighted by Gasteiger charge is -2.32. The van der Waals surface area contributed by atoms with Crippen LogP contribution in [0.3, 0.4) is 0 Å². The van der Waals surface area contributed by atoms with E-state index in [1.165, 1.54) is 0 Å². The lowest BCUT2D eigenvalue weighted by atomic mass is 9.75. The first-order valence-electron chi connectivity index (χ1n) is 13.9. The molecule has 2 heteroatoms. The SMILES string of the molecule is OC1(C#CCc2cccc(C#CC3(O)c4ccccc4Cc4ccccc43)c2)c2ccccc2Cc2ccccc21. The van der Waals surface area contributed by atoms with Crippen LogP contribution in [0, 0.1) is 23.7 Å². The van der Waals surface area contributed by atoms with Crippen molar-refractivity contribution in [2.24, 2.45) is 0 Å². The first-order valence-corrected chi connectivity index (χ1v) is 13.9. The van der Waals surface area contributed by atoms with E-state index >= 15 is 0 Å². The minimum absolute atomic E-state index is 0.470. The molecule has 5 aromatic rings. The van der Waals surface area contributed by atoms with E-state index in [2.05, 4.69) is 47.9 Å². The molecule has 0 spiro atoms. The van der Waals surface area contributed by atoms with Crippen molar-refractivity contribution in [3.05, 3.63) is 177 Å². The van der Waals surface area contributed by atoms with Gasteiger partial charge < -0.3 is 10.2 Å². The molecule has 41 heavy (non-hydrogen) atoms. The number of aliphatic hydroxyl groups is 2. The molecule has 0 amide bonds. The fourth-order valence-electron chi connectivity index (χ4n) is 6.28. The quantitative estimate of drug-likeness (QED) is 0.252. The number of benzene rings is 5. The van der Waals surface area contributed by atoms with Crippen molar-refractivity contribution in [1.29, 1.82) is 0 Å². The Morgan fingerprint density at radius 1 is 0.512 bits per heavy atom. The molecule has 2 aliphatic rings. The fraction of sp³-hybridized carbons (Fsp3) is 0.128. The zero-order chi connectivity index (χ0) is 27.9. The van der Waals surface area contributed by atoms with Crippen molar-refractivity contribution >= 4 is 0 Å². The molecule has 5 aromatic carbocycles. The van der Waals surface area contributed by atoms with Crippen LogP contribution in [-0.2, 0) is 30.5 Å². The van der Waals surface area contributed by atoms with Gasteiger partial charge in [0.05, 0.1) is 0 Å². The van der Waals surface area contributed by atoms with Gasteiger partial charge in [0, 0.05) is 34.2 Å². The summed E-state index contributed by atoms with van der Waals surface area (Å²) in [6.45, 7) is 0. The molecule has 0 saturated heterocycles. The Bertz CT molecular complexity index is 1830. The molecular weight excluding hydrogens is 500 g/mol. The summed E-state index contributed by atoms with van der Waals surface area (Å²) in [4.78, 5) is 0. The average molecular weight is 529 g/mol. The highest BCUT2D eigenvalue weighted by Crippen LogP contribution is 2.40. The van der Waals surface area contributed by atoms with Crippen molar-refractivity contribution in [3.8, 4) is 23.7 Å². The second-order valence-corrected chi connectivity index (χ2v) is 10.8. The zero-order valence-electron chi connectivity index (χ0n) is 22.6. The monoisotopic (exact) mass is 528 g/mol. The van der Waals surface area contributed by atoms with E-state index in [4.69, 9.17) is 0 Å². The summed E-state index contributed by atoms with van der Waals surface area (Å²) in [7, 11) is 0. The maximum atomic E-state index is 12.0. The Morgan fingerprint density at radius 3 is 1.44 bits per heavy atom. The third-order valence-electron chi connectivity index (χ3n) is 8.27. The maximum absolute atomic E-state index is 12.0. The van der Waals surface area contributed by atoms with Crippen molar-refractivity contribution < 1.29 is 10.2 Å². The van der Waals surface area contributed by atoms with Gasteiger partial charge in [-0.15, -0.1) is 0 Å². The minimum Gasteiger partial charge on any atom is -0.369 e. The van der Waals surface area contributed by atoms with Gasteiger partial charge in [0.1, 0.15) is 0 Å². The molecule has 2 nitrogen and oxygen atoms in total. The van der Waals surface area contributed by atoms with Crippen LogP contribution in [0.15, 0.2) is 121 Å². The molecule has 0 aliphatic heterocycles. The third-order valence-corrected chi connectivity index (χ3v) is 8.27. The number of hydrogen-bond donors (Lipinski definition) is 2. The normalized spacial score (nSPS) is 15.0. The molecule has 7 rings (SSSR count). The molecule has 2 aliphatic carbocycles. The van der Waals surface area contributed by atoms with E-state index in [9.17, 15) is 10.2 Å². The minimum atomic E-state index is -1.38. The van der Waals surface area contributed by atoms with Gasteiger partial charge in [-0.1, -0.05) is 133 Å². The first-order chi connectivity index (χ1) is 20.0. The fourth-order valence-corrected chi connectivity index (χ4v) is 6.28. The summed E-state index contributed by atoms with van der Waals surface area (Å²) < 4.78 is 0. The summed E-state index contributed by atoms with van der Waals surface area (Å²) >= 11 is 0.